The van der Waals surface area contributed by atoms with E-state index >= 15 is 0 Å². The van der Waals surface area contributed by atoms with Gasteiger partial charge in [0.15, 0.2) is 0 Å². The van der Waals surface area contributed by atoms with Gasteiger partial charge in [-0.1, -0.05) is 30.3 Å². The van der Waals surface area contributed by atoms with E-state index in [0.29, 0.717) is 17.8 Å². The zero-order valence-electron chi connectivity index (χ0n) is 18.7. The van der Waals surface area contributed by atoms with Gasteiger partial charge in [0, 0.05) is 36.7 Å². The fourth-order valence-corrected chi connectivity index (χ4v) is 4.99. The van der Waals surface area contributed by atoms with Crippen LogP contribution in [-0.4, -0.2) is 42.7 Å². The molecular weight excluding hydrogens is 398 g/mol. The Morgan fingerprint density at radius 1 is 0.875 bits per heavy atom. The average molecular weight is 430 g/mol. The summed E-state index contributed by atoms with van der Waals surface area (Å²) in [4.78, 5) is 17.6. The Hall–Kier alpha value is -3.05. The van der Waals surface area contributed by atoms with Gasteiger partial charge in [0.05, 0.1) is 0 Å². The van der Waals surface area contributed by atoms with Crippen LogP contribution in [0.15, 0.2) is 77.7 Å². The maximum atomic E-state index is 12.7. The molecule has 0 unspecified atom stereocenters. The van der Waals surface area contributed by atoms with Gasteiger partial charge in [0.2, 0.25) is 0 Å². The molecule has 0 bridgehead atoms. The van der Waals surface area contributed by atoms with E-state index in [1.54, 1.807) is 16.8 Å². The normalized spacial score (nSPS) is 18.2. The molecule has 2 aromatic carbocycles. The molecule has 2 aliphatic rings. The summed E-state index contributed by atoms with van der Waals surface area (Å²) in [6.45, 7) is 5.14. The first kappa shape index (κ1) is 20.8. The van der Waals surface area contributed by atoms with Crippen molar-refractivity contribution >= 4 is 5.69 Å². The number of hydrogen-bond acceptors (Lipinski definition) is 4. The Bertz CT molecular complexity index is 1100. The van der Waals surface area contributed by atoms with Crippen molar-refractivity contribution < 1.29 is 4.74 Å². The quantitative estimate of drug-likeness (QED) is 0.605. The molecule has 0 saturated carbocycles. The van der Waals surface area contributed by atoms with Gasteiger partial charge in [-0.05, 0) is 80.7 Å². The minimum Gasteiger partial charge on any atom is -0.489 e. The van der Waals surface area contributed by atoms with E-state index in [4.69, 9.17) is 4.74 Å². The van der Waals surface area contributed by atoms with Crippen LogP contribution in [0.3, 0.4) is 0 Å². The van der Waals surface area contributed by atoms with Crippen LogP contribution >= 0.6 is 0 Å². The van der Waals surface area contributed by atoms with Gasteiger partial charge in [-0.2, -0.15) is 0 Å². The van der Waals surface area contributed by atoms with Gasteiger partial charge >= 0.3 is 0 Å². The third-order valence-corrected chi connectivity index (χ3v) is 7.12. The van der Waals surface area contributed by atoms with Crippen LogP contribution in [-0.2, 0) is 6.61 Å². The van der Waals surface area contributed by atoms with Crippen LogP contribution in [0.25, 0.3) is 5.69 Å². The summed E-state index contributed by atoms with van der Waals surface area (Å²) < 4.78 is 7.46. The van der Waals surface area contributed by atoms with E-state index in [0.717, 1.165) is 24.3 Å². The van der Waals surface area contributed by atoms with Crippen LogP contribution in [0.2, 0.25) is 0 Å². The molecule has 0 aliphatic carbocycles. The number of benzene rings is 2. The average Bonchev–Trinajstić information content (AvgIpc) is 3.25. The zero-order valence-corrected chi connectivity index (χ0v) is 18.7. The second-order valence-electron chi connectivity index (χ2n) is 9.34. The van der Waals surface area contributed by atoms with E-state index in [-0.39, 0.29) is 5.56 Å². The molecule has 5 nitrogen and oxygen atoms in total. The molecule has 2 saturated heterocycles. The van der Waals surface area contributed by atoms with Crippen molar-refractivity contribution in [1.82, 2.24) is 9.47 Å². The molecule has 0 N–H and O–H groups in total. The number of nitrogens with zero attached hydrogens (tertiary/aromatic N) is 3. The molecule has 3 heterocycles. The summed E-state index contributed by atoms with van der Waals surface area (Å²) >= 11 is 0. The summed E-state index contributed by atoms with van der Waals surface area (Å²) in [5, 5.41) is 0. The van der Waals surface area contributed by atoms with E-state index in [9.17, 15) is 4.79 Å². The number of anilines is 1. The molecule has 3 aromatic rings. The van der Waals surface area contributed by atoms with Crippen molar-refractivity contribution in [2.75, 3.05) is 38.1 Å². The summed E-state index contributed by atoms with van der Waals surface area (Å²) in [6.07, 6.45) is 5.67. The summed E-state index contributed by atoms with van der Waals surface area (Å²) in [7, 11) is 2.22. The van der Waals surface area contributed by atoms with E-state index in [1.807, 2.05) is 48.5 Å². The Morgan fingerprint density at radius 2 is 1.56 bits per heavy atom. The monoisotopic (exact) mass is 429 g/mol. The highest BCUT2D eigenvalue weighted by Crippen LogP contribution is 2.41. The summed E-state index contributed by atoms with van der Waals surface area (Å²) in [5.41, 5.74) is 3.60. The van der Waals surface area contributed by atoms with Crippen molar-refractivity contribution in [3.8, 4) is 11.4 Å². The number of hydrogen-bond donors (Lipinski definition) is 0. The van der Waals surface area contributed by atoms with E-state index in [1.165, 1.54) is 38.0 Å². The topological polar surface area (TPSA) is 37.7 Å². The second-order valence-corrected chi connectivity index (χ2v) is 9.34. The molecule has 1 aromatic heterocycles. The molecule has 5 heteroatoms. The first-order valence-electron chi connectivity index (χ1n) is 11.5. The third-order valence-electron chi connectivity index (χ3n) is 7.12. The molecular formula is C27H31N3O2. The fourth-order valence-electron chi connectivity index (χ4n) is 4.99. The lowest BCUT2D eigenvalue weighted by Crippen LogP contribution is -2.39. The maximum Gasteiger partial charge on any atom is 0.258 e. The fraction of sp³-hybridized carbons (Fsp3) is 0.370. The SMILES string of the molecule is CN1CCC2(CC1)CCN(c1ccc(-n3ccc(OCc4ccccc4)cc3=O)cc1)C2. The second kappa shape index (κ2) is 8.83. The predicted octanol–water partition coefficient (Wildman–Crippen LogP) is 4.34. The summed E-state index contributed by atoms with van der Waals surface area (Å²) in [5.74, 6) is 0.590. The predicted molar refractivity (Wildman–Crippen MR) is 129 cm³/mol. The molecule has 2 fully saturated rings. The number of pyridine rings is 1. The van der Waals surface area contributed by atoms with Gasteiger partial charge in [-0.3, -0.25) is 9.36 Å². The lowest BCUT2D eigenvalue weighted by molar-refractivity contribution is 0.142. The van der Waals surface area contributed by atoms with Crippen molar-refractivity contribution in [3.05, 3.63) is 88.8 Å². The Morgan fingerprint density at radius 3 is 2.28 bits per heavy atom. The number of piperidine rings is 1. The van der Waals surface area contributed by atoms with Crippen LogP contribution < -0.4 is 15.2 Å². The highest BCUT2D eigenvalue weighted by atomic mass is 16.5. The highest BCUT2D eigenvalue weighted by Gasteiger charge is 2.39. The number of ether oxygens (including phenoxy) is 1. The van der Waals surface area contributed by atoms with Gasteiger partial charge < -0.3 is 14.5 Å². The molecule has 0 radical (unpaired) electrons. The molecule has 166 valence electrons. The van der Waals surface area contributed by atoms with Crippen LogP contribution in [0, 0.1) is 5.41 Å². The van der Waals surface area contributed by atoms with Crippen molar-refractivity contribution in [3.63, 3.8) is 0 Å². The van der Waals surface area contributed by atoms with Gasteiger partial charge in [-0.25, -0.2) is 0 Å². The molecule has 5 rings (SSSR count). The van der Waals surface area contributed by atoms with Gasteiger partial charge in [0.25, 0.3) is 5.56 Å². The highest BCUT2D eigenvalue weighted by molar-refractivity contribution is 5.52. The Labute approximate surface area is 189 Å². The van der Waals surface area contributed by atoms with Crippen molar-refractivity contribution in [1.29, 1.82) is 0 Å². The number of aromatic nitrogens is 1. The van der Waals surface area contributed by atoms with E-state index < -0.39 is 0 Å². The molecule has 32 heavy (non-hydrogen) atoms. The lowest BCUT2D eigenvalue weighted by atomic mass is 9.78. The minimum atomic E-state index is -0.0882. The molecule has 0 atom stereocenters. The third kappa shape index (κ3) is 4.44. The van der Waals surface area contributed by atoms with Crippen LogP contribution in [0.4, 0.5) is 5.69 Å². The van der Waals surface area contributed by atoms with Crippen molar-refractivity contribution in [2.24, 2.45) is 5.41 Å². The first-order chi connectivity index (χ1) is 15.6. The standard InChI is InChI=1S/C27H31N3O2/c1-28-16-12-27(13-17-28)14-18-29(21-27)23-7-9-24(10-8-23)30-15-11-25(19-26(30)31)32-20-22-5-3-2-4-6-22/h2-11,15,19H,12-14,16-18,20-21H2,1H3. The summed E-state index contributed by atoms with van der Waals surface area (Å²) in [6, 6.07) is 21.8. The first-order valence-corrected chi connectivity index (χ1v) is 11.5. The van der Waals surface area contributed by atoms with Crippen LogP contribution in [0.5, 0.6) is 5.75 Å². The van der Waals surface area contributed by atoms with E-state index in [2.05, 4.69) is 29.0 Å². The Balaban J connectivity index is 1.24. The lowest BCUT2D eigenvalue weighted by Gasteiger charge is -2.37. The number of likely N-dealkylation sites (tertiary alicyclic amines) is 1. The maximum absolute atomic E-state index is 12.7. The van der Waals surface area contributed by atoms with Crippen molar-refractivity contribution in [2.45, 2.75) is 25.9 Å². The molecule has 0 amide bonds. The molecule has 1 spiro atoms. The largest absolute Gasteiger partial charge is 0.489 e. The minimum absolute atomic E-state index is 0.0882. The Kier molecular flexibility index (Phi) is 5.75. The molecule has 2 aliphatic heterocycles. The number of rotatable bonds is 5. The smallest absolute Gasteiger partial charge is 0.258 e. The zero-order chi connectivity index (χ0) is 22.0. The van der Waals surface area contributed by atoms with Crippen LogP contribution in [0.1, 0.15) is 24.8 Å². The van der Waals surface area contributed by atoms with Gasteiger partial charge in [-0.15, -0.1) is 0 Å². The van der Waals surface area contributed by atoms with Gasteiger partial charge in [0.1, 0.15) is 12.4 Å².